The normalized spacial score (nSPS) is 21.2. The lowest BCUT2D eigenvalue weighted by atomic mass is 10.1. The average Bonchev–Trinajstić information content (AvgIpc) is 2.82. The zero-order chi connectivity index (χ0) is 13.2. The van der Waals surface area contributed by atoms with Crippen LogP contribution in [0.1, 0.15) is 12.0 Å². The Balaban J connectivity index is 0.00000147. The SMILES string of the molecule is Cl.O=C(CC1CNCCO1)N1CCc2cc(Br)ccc21. The first-order valence-corrected chi connectivity index (χ1v) is 7.44. The lowest BCUT2D eigenvalue weighted by molar-refractivity contribution is -0.121. The van der Waals surface area contributed by atoms with Crippen molar-refractivity contribution in [3.63, 3.8) is 0 Å². The summed E-state index contributed by atoms with van der Waals surface area (Å²) in [7, 11) is 0. The molecule has 1 fully saturated rings. The quantitative estimate of drug-likeness (QED) is 0.877. The standard InChI is InChI=1S/C14H17BrN2O2.ClH/c15-11-1-2-13-10(7-11)3-5-17(13)14(18)8-12-9-16-4-6-19-12;/h1-2,7,12,16H,3-6,8-9H2;1H. The molecular weight excluding hydrogens is 344 g/mol. The number of nitrogens with zero attached hydrogens (tertiary/aromatic N) is 1. The molecule has 2 heterocycles. The molecule has 1 aromatic rings. The molecule has 6 heteroatoms. The van der Waals surface area contributed by atoms with Crippen LogP contribution < -0.4 is 10.2 Å². The summed E-state index contributed by atoms with van der Waals surface area (Å²) in [5.74, 6) is 0.162. The van der Waals surface area contributed by atoms with Crippen LogP contribution in [-0.4, -0.2) is 38.3 Å². The van der Waals surface area contributed by atoms with E-state index in [2.05, 4.69) is 27.3 Å². The van der Waals surface area contributed by atoms with Gasteiger partial charge in [-0.15, -0.1) is 12.4 Å². The molecule has 0 radical (unpaired) electrons. The number of ether oxygens (including phenoxy) is 1. The smallest absolute Gasteiger partial charge is 0.229 e. The first kappa shape index (κ1) is 15.8. The van der Waals surface area contributed by atoms with Crippen LogP contribution in [0.25, 0.3) is 0 Å². The van der Waals surface area contributed by atoms with Crippen molar-refractivity contribution in [3.05, 3.63) is 28.2 Å². The molecule has 1 atom stereocenters. The van der Waals surface area contributed by atoms with Crippen LogP contribution in [0.3, 0.4) is 0 Å². The van der Waals surface area contributed by atoms with E-state index in [-0.39, 0.29) is 24.4 Å². The van der Waals surface area contributed by atoms with Gasteiger partial charge in [0.2, 0.25) is 5.91 Å². The third-order valence-corrected chi connectivity index (χ3v) is 4.14. The maximum absolute atomic E-state index is 12.4. The average molecular weight is 362 g/mol. The summed E-state index contributed by atoms with van der Waals surface area (Å²) in [6.07, 6.45) is 1.41. The molecular formula is C14H18BrClN2O2. The minimum Gasteiger partial charge on any atom is -0.375 e. The predicted molar refractivity (Wildman–Crippen MR) is 84.7 cm³/mol. The first-order valence-electron chi connectivity index (χ1n) is 6.65. The van der Waals surface area contributed by atoms with Crippen LogP contribution in [0, 0.1) is 0 Å². The van der Waals surface area contributed by atoms with Gasteiger partial charge in [0.25, 0.3) is 0 Å². The van der Waals surface area contributed by atoms with E-state index in [9.17, 15) is 4.79 Å². The molecule has 0 spiro atoms. The van der Waals surface area contributed by atoms with Gasteiger partial charge in [0.1, 0.15) is 0 Å². The summed E-state index contributed by atoms with van der Waals surface area (Å²) in [4.78, 5) is 14.3. The van der Waals surface area contributed by atoms with Gasteiger partial charge < -0.3 is 15.0 Å². The lowest BCUT2D eigenvalue weighted by Crippen LogP contribution is -2.42. The fourth-order valence-electron chi connectivity index (χ4n) is 2.69. The third kappa shape index (κ3) is 3.34. The molecule has 2 aliphatic rings. The Hall–Kier alpha value is -0.620. The van der Waals surface area contributed by atoms with Crippen molar-refractivity contribution in [1.29, 1.82) is 0 Å². The van der Waals surface area contributed by atoms with Crippen LogP contribution in [0.4, 0.5) is 5.69 Å². The highest BCUT2D eigenvalue weighted by Crippen LogP contribution is 2.31. The second kappa shape index (κ2) is 6.89. The number of carbonyl (C=O) groups is 1. The van der Waals surface area contributed by atoms with Crippen molar-refractivity contribution in [2.45, 2.75) is 18.9 Å². The Morgan fingerprint density at radius 2 is 2.35 bits per heavy atom. The van der Waals surface area contributed by atoms with Crippen LogP contribution in [0.15, 0.2) is 22.7 Å². The van der Waals surface area contributed by atoms with Crippen LogP contribution >= 0.6 is 28.3 Å². The van der Waals surface area contributed by atoms with Crippen molar-refractivity contribution in [1.82, 2.24) is 5.32 Å². The van der Waals surface area contributed by atoms with E-state index in [1.54, 1.807) is 0 Å². The number of hydrogen-bond donors (Lipinski definition) is 1. The van der Waals surface area contributed by atoms with Crippen LogP contribution in [0.2, 0.25) is 0 Å². The van der Waals surface area contributed by atoms with E-state index in [0.29, 0.717) is 13.0 Å². The minimum absolute atomic E-state index is 0. The topological polar surface area (TPSA) is 41.6 Å². The van der Waals surface area contributed by atoms with Crippen molar-refractivity contribution in [2.24, 2.45) is 0 Å². The first-order chi connectivity index (χ1) is 9.24. The molecule has 2 aliphatic heterocycles. The molecule has 20 heavy (non-hydrogen) atoms. The monoisotopic (exact) mass is 360 g/mol. The highest BCUT2D eigenvalue weighted by molar-refractivity contribution is 9.10. The molecule has 4 nitrogen and oxygen atoms in total. The molecule has 0 aromatic heterocycles. The van der Waals surface area contributed by atoms with Gasteiger partial charge in [-0.3, -0.25) is 4.79 Å². The van der Waals surface area contributed by atoms with Gasteiger partial charge in [0, 0.05) is 29.8 Å². The Labute approximate surface area is 133 Å². The Morgan fingerprint density at radius 1 is 1.50 bits per heavy atom. The number of amides is 1. The number of hydrogen-bond acceptors (Lipinski definition) is 3. The number of carbonyl (C=O) groups excluding carboxylic acids is 1. The van der Waals surface area contributed by atoms with E-state index in [0.717, 1.165) is 36.2 Å². The fraction of sp³-hybridized carbons (Fsp3) is 0.500. The van der Waals surface area contributed by atoms with Crippen molar-refractivity contribution in [2.75, 3.05) is 31.1 Å². The molecule has 3 rings (SSSR count). The molecule has 0 saturated carbocycles. The van der Waals surface area contributed by atoms with E-state index < -0.39 is 0 Å². The number of rotatable bonds is 2. The maximum Gasteiger partial charge on any atom is 0.229 e. The van der Waals surface area contributed by atoms with Gasteiger partial charge in [-0.25, -0.2) is 0 Å². The molecule has 0 bridgehead atoms. The van der Waals surface area contributed by atoms with E-state index in [1.165, 1.54) is 5.56 Å². The number of nitrogens with one attached hydrogen (secondary N) is 1. The molecule has 0 aliphatic carbocycles. The van der Waals surface area contributed by atoms with Gasteiger partial charge in [-0.05, 0) is 30.2 Å². The Bertz CT molecular complexity index is 492. The third-order valence-electron chi connectivity index (χ3n) is 3.64. The van der Waals surface area contributed by atoms with Crippen molar-refractivity contribution < 1.29 is 9.53 Å². The largest absolute Gasteiger partial charge is 0.375 e. The summed E-state index contributed by atoms with van der Waals surface area (Å²) in [5, 5.41) is 3.26. The number of morpholine rings is 1. The Kier molecular flexibility index (Phi) is 5.43. The van der Waals surface area contributed by atoms with Gasteiger partial charge in [0.15, 0.2) is 0 Å². The second-order valence-corrected chi connectivity index (χ2v) is 5.89. The van der Waals surface area contributed by atoms with Crippen LogP contribution in [0.5, 0.6) is 0 Å². The highest BCUT2D eigenvalue weighted by atomic mass is 79.9. The lowest BCUT2D eigenvalue weighted by Gasteiger charge is -2.25. The zero-order valence-electron chi connectivity index (χ0n) is 11.1. The maximum atomic E-state index is 12.4. The predicted octanol–water partition coefficient (Wildman–Crippen LogP) is 2.14. The molecule has 1 saturated heterocycles. The summed E-state index contributed by atoms with van der Waals surface area (Å²) in [6, 6.07) is 6.11. The Morgan fingerprint density at radius 3 is 3.10 bits per heavy atom. The van der Waals surface area contributed by atoms with E-state index in [4.69, 9.17) is 4.74 Å². The number of fused-ring (bicyclic) bond motifs is 1. The van der Waals surface area contributed by atoms with Gasteiger partial charge in [0.05, 0.1) is 19.1 Å². The minimum atomic E-state index is 0. The zero-order valence-corrected chi connectivity index (χ0v) is 13.5. The second-order valence-electron chi connectivity index (χ2n) is 4.97. The van der Waals surface area contributed by atoms with E-state index >= 15 is 0 Å². The molecule has 110 valence electrons. The van der Waals surface area contributed by atoms with E-state index in [1.807, 2.05) is 17.0 Å². The molecule has 1 N–H and O–H groups in total. The fourth-order valence-corrected chi connectivity index (χ4v) is 3.09. The van der Waals surface area contributed by atoms with Gasteiger partial charge in [-0.2, -0.15) is 0 Å². The summed E-state index contributed by atoms with van der Waals surface area (Å²) >= 11 is 3.47. The summed E-state index contributed by atoms with van der Waals surface area (Å²) in [6.45, 7) is 3.13. The summed E-state index contributed by atoms with van der Waals surface area (Å²) < 4.78 is 6.67. The van der Waals surface area contributed by atoms with Crippen molar-refractivity contribution >= 4 is 39.9 Å². The number of benzene rings is 1. The van der Waals surface area contributed by atoms with Gasteiger partial charge >= 0.3 is 0 Å². The van der Waals surface area contributed by atoms with Gasteiger partial charge in [-0.1, -0.05) is 15.9 Å². The molecule has 1 amide bonds. The highest BCUT2D eigenvalue weighted by Gasteiger charge is 2.27. The van der Waals surface area contributed by atoms with Crippen molar-refractivity contribution in [3.8, 4) is 0 Å². The van der Waals surface area contributed by atoms with Crippen LogP contribution in [-0.2, 0) is 16.0 Å². The molecule has 1 unspecified atom stereocenters. The molecule has 1 aromatic carbocycles. The number of anilines is 1. The number of halogens is 2. The summed E-state index contributed by atoms with van der Waals surface area (Å²) in [5.41, 5.74) is 2.29.